The van der Waals surface area contributed by atoms with Gasteiger partial charge >= 0.3 is 0 Å². The predicted octanol–water partition coefficient (Wildman–Crippen LogP) is 16.1. The van der Waals surface area contributed by atoms with Gasteiger partial charge in [-0.2, -0.15) is 0 Å². The lowest BCUT2D eigenvalue weighted by atomic mass is 9.79. The normalized spacial score (nSPS) is 12.2. The van der Waals surface area contributed by atoms with E-state index in [0.717, 1.165) is 102 Å². The minimum Gasteiger partial charge on any atom is -0.307 e. The molecule has 0 saturated heterocycles. The highest BCUT2D eigenvalue weighted by atomic mass is 15.2. The van der Waals surface area contributed by atoms with Gasteiger partial charge in [0.1, 0.15) is 22.1 Å². The summed E-state index contributed by atoms with van der Waals surface area (Å²) in [6.45, 7) is 16.1. The van der Waals surface area contributed by atoms with Crippen molar-refractivity contribution < 1.29 is 0 Å². The Morgan fingerprint density at radius 3 is 1.17 bits per heavy atom. The molecule has 75 heavy (non-hydrogen) atoms. The molecule has 0 atom stereocenters. The van der Waals surface area contributed by atoms with Gasteiger partial charge in [0.25, 0.3) is 0 Å². The Labute approximate surface area is 437 Å². The van der Waals surface area contributed by atoms with E-state index >= 15 is 0 Å². The van der Waals surface area contributed by atoms with Gasteiger partial charge in [-0.25, -0.2) is 15.0 Å². The van der Waals surface area contributed by atoms with E-state index < -0.39 is 0 Å². The zero-order chi connectivity index (χ0) is 51.4. The lowest BCUT2D eigenvalue weighted by Crippen LogP contribution is -2.19. The lowest BCUT2D eigenvalue weighted by Gasteiger charge is -2.33. The van der Waals surface area contributed by atoms with E-state index in [0.29, 0.717) is 23.4 Å². The van der Waals surface area contributed by atoms with Gasteiger partial charge in [-0.15, -0.1) is 0 Å². The van der Waals surface area contributed by atoms with Crippen LogP contribution in [-0.2, 0) is 10.8 Å². The molecule has 0 radical (unpaired) electrons. The highest BCUT2D eigenvalue weighted by Crippen LogP contribution is 2.49. The molecule has 12 rings (SSSR count). The molecule has 0 aliphatic heterocycles. The molecule has 0 bridgehead atoms. The van der Waals surface area contributed by atoms with Crippen molar-refractivity contribution in [2.45, 2.75) is 72.1 Å². The average Bonchev–Trinajstić information content (AvgIpc) is 4.02. The van der Waals surface area contributed by atoms with Gasteiger partial charge < -0.3 is 14.0 Å². The molecular formula is C65H58N10. The largest absolute Gasteiger partial charge is 0.307 e. The first-order chi connectivity index (χ1) is 36.4. The Kier molecular flexibility index (Phi) is 11.9. The molecular weight excluding hydrogens is 921 g/mol. The van der Waals surface area contributed by atoms with Crippen molar-refractivity contribution in [3.8, 4) is 45.5 Å². The summed E-state index contributed by atoms with van der Waals surface area (Å²) in [7, 11) is 0. The van der Waals surface area contributed by atoms with E-state index in [2.05, 4.69) is 147 Å². The van der Waals surface area contributed by atoms with Crippen LogP contribution < -0.4 is 4.90 Å². The number of nitrogens with zero attached hydrogens (tertiary/aromatic N) is 10. The zero-order valence-corrected chi connectivity index (χ0v) is 43.4. The maximum Gasteiger partial charge on any atom is 0.164 e. The van der Waals surface area contributed by atoms with Gasteiger partial charge in [-0.05, 0) is 119 Å². The fraction of sp³-hybridized carbons (Fsp3) is 0.185. The summed E-state index contributed by atoms with van der Waals surface area (Å²) in [5.74, 6) is 2.26. The van der Waals surface area contributed by atoms with Crippen LogP contribution in [0.25, 0.3) is 89.7 Å². The second-order valence-corrected chi connectivity index (χ2v) is 21.6. The van der Waals surface area contributed by atoms with Crippen LogP contribution in [0.4, 0.5) is 17.1 Å². The number of anilines is 3. The molecule has 10 heteroatoms. The third kappa shape index (κ3) is 8.65. The highest BCUT2D eigenvalue weighted by Gasteiger charge is 2.30. The molecule has 0 spiro atoms. The van der Waals surface area contributed by atoms with Gasteiger partial charge in [-0.3, -0.25) is 19.9 Å². The molecule has 0 amide bonds. The third-order valence-corrected chi connectivity index (χ3v) is 14.5. The smallest absolute Gasteiger partial charge is 0.164 e. The predicted molar refractivity (Wildman–Crippen MR) is 306 cm³/mol. The second kappa shape index (κ2) is 18.9. The van der Waals surface area contributed by atoms with Crippen LogP contribution >= 0.6 is 0 Å². The van der Waals surface area contributed by atoms with Crippen LogP contribution in [0.2, 0.25) is 0 Å². The van der Waals surface area contributed by atoms with Crippen LogP contribution in [0.5, 0.6) is 0 Å². The average molecular weight is 979 g/mol. The van der Waals surface area contributed by atoms with Crippen molar-refractivity contribution >= 4 is 61.2 Å². The van der Waals surface area contributed by atoms with Gasteiger partial charge in [-0.1, -0.05) is 140 Å². The molecule has 368 valence electrons. The standard InChI is InChI=1S/C65H58N10/c1-42(2)34-35-65(6,7)47-28-32-49(33-29-47)73(48-30-26-46(27-31-48)64(3,4)5)60-54(74-50-22-14-36-66-56(50)57-51(74)23-15-37-67-57)40-45(41-55(60)75-52-24-16-38-68-58(52)59-53(75)25-17-39-69-59)63-71-61(43-18-10-8-11-19-43)70-62(72-63)44-20-12-9-13-21-44/h8-33,36-42H,34-35H2,1-7H3. The topological polar surface area (TPSA) is 103 Å². The molecule has 7 aromatic heterocycles. The van der Waals surface area contributed by atoms with E-state index in [4.69, 9.17) is 34.9 Å². The van der Waals surface area contributed by atoms with Crippen LogP contribution in [0, 0.1) is 5.92 Å². The summed E-state index contributed by atoms with van der Waals surface area (Å²) in [6.07, 6.45) is 9.60. The van der Waals surface area contributed by atoms with Crippen molar-refractivity contribution in [2.24, 2.45) is 5.92 Å². The monoisotopic (exact) mass is 978 g/mol. The first-order valence-electron chi connectivity index (χ1n) is 25.9. The van der Waals surface area contributed by atoms with Crippen LogP contribution in [0.1, 0.15) is 72.4 Å². The Morgan fingerprint density at radius 2 is 0.800 bits per heavy atom. The molecule has 0 saturated carbocycles. The summed E-state index contributed by atoms with van der Waals surface area (Å²) in [5, 5.41) is 0. The fourth-order valence-electron chi connectivity index (χ4n) is 10.4. The number of hydrogen-bond acceptors (Lipinski definition) is 8. The number of hydrogen-bond donors (Lipinski definition) is 0. The maximum atomic E-state index is 5.37. The summed E-state index contributed by atoms with van der Waals surface area (Å²) < 4.78 is 4.63. The van der Waals surface area contributed by atoms with Crippen LogP contribution in [0.3, 0.4) is 0 Å². The van der Waals surface area contributed by atoms with Gasteiger partial charge in [0.05, 0.1) is 39.1 Å². The summed E-state index contributed by atoms with van der Waals surface area (Å²) >= 11 is 0. The molecule has 0 aliphatic rings. The highest BCUT2D eigenvalue weighted by molar-refractivity contribution is 6.08. The fourth-order valence-corrected chi connectivity index (χ4v) is 10.4. The number of pyridine rings is 4. The van der Waals surface area contributed by atoms with Crippen molar-refractivity contribution in [1.29, 1.82) is 0 Å². The number of benzene rings is 5. The molecule has 0 unspecified atom stereocenters. The van der Waals surface area contributed by atoms with Crippen molar-refractivity contribution in [3.63, 3.8) is 0 Å². The second-order valence-electron chi connectivity index (χ2n) is 21.6. The summed E-state index contributed by atoms with van der Waals surface area (Å²) in [5.41, 5.74) is 16.3. The molecule has 0 N–H and O–H groups in total. The SMILES string of the molecule is CC(C)CCC(C)(C)c1ccc(N(c2ccc(C(C)(C)C)cc2)c2c(-n3c4cccnc4c4ncccc43)cc(-c3nc(-c4ccccc4)nc(-c4ccccc4)n3)cc2-n2c3cccnc3c3ncccc32)cc1. The molecule has 10 nitrogen and oxygen atoms in total. The van der Waals surface area contributed by atoms with Crippen molar-refractivity contribution in [1.82, 2.24) is 44.0 Å². The molecule has 5 aromatic carbocycles. The Bertz CT molecular complexity index is 3740. The summed E-state index contributed by atoms with van der Waals surface area (Å²) in [6, 6.07) is 59.6. The quantitative estimate of drug-likeness (QED) is 0.119. The van der Waals surface area contributed by atoms with Crippen molar-refractivity contribution in [2.75, 3.05) is 4.90 Å². The summed E-state index contributed by atoms with van der Waals surface area (Å²) in [4.78, 5) is 38.3. The number of aromatic nitrogens is 9. The van der Waals surface area contributed by atoms with Crippen LogP contribution in [0.15, 0.2) is 195 Å². The zero-order valence-electron chi connectivity index (χ0n) is 43.4. The number of fused-ring (bicyclic) bond motifs is 6. The molecule has 12 aromatic rings. The number of rotatable bonds is 12. The minimum atomic E-state index is -0.0712. The first-order valence-corrected chi connectivity index (χ1v) is 25.9. The molecule has 0 fully saturated rings. The van der Waals surface area contributed by atoms with Crippen LogP contribution in [-0.4, -0.2) is 44.0 Å². The third-order valence-electron chi connectivity index (χ3n) is 14.5. The minimum absolute atomic E-state index is 0.0341. The van der Waals surface area contributed by atoms with Crippen molar-refractivity contribution in [3.05, 3.63) is 206 Å². The van der Waals surface area contributed by atoms with Gasteiger partial charge in [0, 0.05) is 52.9 Å². The van der Waals surface area contributed by atoms with E-state index in [1.807, 2.05) is 110 Å². The maximum absolute atomic E-state index is 5.37. The van der Waals surface area contributed by atoms with Gasteiger partial charge in [0.15, 0.2) is 17.5 Å². The Balaban J connectivity index is 1.25. The van der Waals surface area contributed by atoms with E-state index in [1.165, 1.54) is 11.1 Å². The van der Waals surface area contributed by atoms with E-state index in [-0.39, 0.29) is 10.8 Å². The van der Waals surface area contributed by atoms with E-state index in [1.54, 1.807) is 0 Å². The Morgan fingerprint density at radius 1 is 0.427 bits per heavy atom. The lowest BCUT2D eigenvalue weighted by molar-refractivity contribution is 0.415. The molecule has 0 aliphatic carbocycles. The molecule has 7 heterocycles. The Hall–Kier alpha value is -8.89. The van der Waals surface area contributed by atoms with Gasteiger partial charge in [0.2, 0.25) is 0 Å². The van der Waals surface area contributed by atoms with E-state index in [9.17, 15) is 0 Å². The first kappa shape index (κ1) is 47.1.